The summed E-state index contributed by atoms with van der Waals surface area (Å²) in [7, 11) is 0. The Bertz CT molecular complexity index is 1100. The van der Waals surface area contributed by atoms with E-state index in [2.05, 4.69) is 57.7 Å². The zero-order valence-electron chi connectivity index (χ0n) is 15.2. The number of fused-ring (bicyclic) bond motifs is 3. The normalized spacial score (nSPS) is 14.8. The molecule has 6 heteroatoms. The van der Waals surface area contributed by atoms with Gasteiger partial charge in [0, 0.05) is 35.2 Å². The van der Waals surface area contributed by atoms with Crippen LogP contribution in [0.5, 0.6) is 0 Å². The van der Waals surface area contributed by atoms with Crippen LogP contribution in [0.4, 0.5) is 17.2 Å². The Hall–Kier alpha value is -3.12. The average molecular weight is 359 g/mol. The van der Waals surface area contributed by atoms with Gasteiger partial charge in [-0.25, -0.2) is 4.98 Å². The minimum atomic E-state index is 0.790. The highest BCUT2D eigenvalue weighted by molar-refractivity contribution is 6.10. The van der Waals surface area contributed by atoms with E-state index in [1.807, 2.05) is 18.3 Å². The van der Waals surface area contributed by atoms with Crippen molar-refractivity contribution in [2.24, 2.45) is 0 Å². The second-order valence-corrected chi connectivity index (χ2v) is 6.86. The summed E-state index contributed by atoms with van der Waals surface area (Å²) in [5.41, 5.74) is 5.32. The molecule has 136 valence electrons. The van der Waals surface area contributed by atoms with E-state index < -0.39 is 0 Å². The number of aryl methyl sites for hydroxylation is 1. The number of aromatic nitrogens is 3. The van der Waals surface area contributed by atoms with Gasteiger partial charge in [-0.3, -0.25) is 5.10 Å². The lowest BCUT2D eigenvalue weighted by Crippen LogP contribution is -2.36. The summed E-state index contributed by atoms with van der Waals surface area (Å²) in [6, 6.07) is 14.7. The molecular formula is C21H21N5O. The first-order valence-electron chi connectivity index (χ1n) is 9.22. The number of benzene rings is 2. The van der Waals surface area contributed by atoms with E-state index in [1.165, 1.54) is 11.3 Å². The number of rotatable bonds is 3. The van der Waals surface area contributed by atoms with Gasteiger partial charge in [0.25, 0.3) is 0 Å². The molecule has 0 aliphatic carbocycles. The number of nitrogens with one attached hydrogen (secondary N) is 2. The summed E-state index contributed by atoms with van der Waals surface area (Å²) in [5, 5.41) is 13.0. The molecule has 0 unspecified atom stereocenters. The first kappa shape index (κ1) is 16.1. The lowest BCUT2D eigenvalue weighted by molar-refractivity contribution is 0.122. The molecule has 1 aliphatic rings. The molecule has 0 atom stereocenters. The third-order valence-electron chi connectivity index (χ3n) is 5.13. The van der Waals surface area contributed by atoms with Gasteiger partial charge < -0.3 is 15.0 Å². The Labute approximate surface area is 157 Å². The van der Waals surface area contributed by atoms with Crippen LogP contribution >= 0.6 is 0 Å². The fraction of sp³-hybridized carbons (Fsp3) is 0.238. The van der Waals surface area contributed by atoms with Gasteiger partial charge in [0.05, 0.1) is 24.9 Å². The van der Waals surface area contributed by atoms with Crippen molar-refractivity contribution in [3.8, 4) is 0 Å². The fourth-order valence-electron chi connectivity index (χ4n) is 3.73. The van der Waals surface area contributed by atoms with Crippen LogP contribution in [0.1, 0.15) is 5.56 Å². The van der Waals surface area contributed by atoms with Gasteiger partial charge in [-0.1, -0.05) is 12.1 Å². The summed E-state index contributed by atoms with van der Waals surface area (Å²) < 4.78 is 5.43. The van der Waals surface area contributed by atoms with Crippen molar-refractivity contribution in [1.29, 1.82) is 0 Å². The maximum Gasteiger partial charge on any atom is 0.157 e. The van der Waals surface area contributed by atoms with Gasteiger partial charge in [0.2, 0.25) is 0 Å². The predicted octanol–water partition coefficient (Wildman–Crippen LogP) is 4.00. The number of nitrogens with zero attached hydrogens (tertiary/aromatic N) is 3. The van der Waals surface area contributed by atoms with E-state index in [1.54, 1.807) is 0 Å². The summed E-state index contributed by atoms with van der Waals surface area (Å²) in [4.78, 5) is 7.18. The Balaban J connectivity index is 1.49. The van der Waals surface area contributed by atoms with Crippen molar-refractivity contribution >= 4 is 39.0 Å². The summed E-state index contributed by atoms with van der Waals surface area (Å²) in [6.45, 7) is 5.56. The predicted molar refractivity (Wildman–Crippen MR) is 109 cm³/mol. The highest BCUT2D eigenvalue weighted by Gasteiger charge is 2.13. The van der Waals surface area contributed by atoms with Crippen LogP contribution in [0.3, 0.4) is 0 Å². The van der Waals surface area contributed by atoms with Crippen LogP contribution in [-0.2, 0) is 4.74 Å². The number of anilines is 3. The number of hydrogen-bond donors (Lipinski definition) is 2. The summed E-state index contributed by atoms with van der Waals surface area (Å²) in [6.07, 6.45) is 1.87. The number of hydrogen-bond acceptors (Lipinski definition) is 5. The number of ether oxygens (including phenoxy) is 1. The summed E-state index contributed by atoms with van der Waals surface area (Å²) in [5.74, 6) is 0.791. The van der Waals surface area contributed by atoms with Crippen molar-refractivity contribution in [1.82, 2.24) is 15.2 Å². The van der Waals surface area contributed by atoms with E-state index in [0.717, 1.165) is 59.6 Å². The minimum Gasteiger partial charge on any atom is -0.378 e. The first-order valence-corrected chi connectivity index (χ1v) is 9.22. The molecule has 5 rings (SSSR count). The molecule has 0 spiro atoms. The third-order valence-corrected chi connectivity index (χ3v) is 5.13. The lowest BCUT2D eigenvalue weighted by Gasteiger charge is -2.28. The van der Waals surface area contributed by atoms with Crippen molar-refractivity contribution in [3.63, 3.8) is 0 Å². The highest BCUT2D eigenvalue weighted by atomic mass is 16.5. The highest BCUT2D eigenvalue weighted by Crippen LogP contribution is 2.31. The van der Waals surface area contributed by atoms with Gasteiger partial charge in [0.1, 0.15) is 5.52 Å². The van der Waals surface area contributed by atoms with Crippen molar-refractivity contribution < 1.29 is 4.74 Å². The van der Waals surface area contributed by atoms with Gasteiger partial charge >= 0.3 is 0 Å². The Morgan fingerprint density at radius 1 is 1.07 bits per heavy atom. The Morgan fingerprint density at radius 2 is 1.89 bits per heavy atom. The van der Waals surface area contributed by atoms with Crippen molar-refractivity contribution in [2.45, 2.75) is 6.92 Å². The smallest absolute Gasteiger partial charge is 0.157 e. The average Bonchev–Trinajstić information content (AvgIpc) is 3.19. The molecule has 0 amide bonds. The molecule has 3 heterocycles. The summed E-state index contributed by atoms with van der Waals surface area (Å²) >= 11 is 0. The van der Waals surface area contributed by atoms with Crippen molar-refractivity contribution in [3.05, 3.63) is 54.2 Å². The standard InChI is InChI=1S/C21H21N5O/c1-14-3-2-4-18-19(14)17-13-22-25-20(17)21(24-18)23-15-5-7-16(8-6-15)26-9-11-27-12-10-26/h2-8,13H,9-12H2,1H3,(H,22,25)(H,23,24). The van der Waals surface area contributed by atoms with Gasteiger partial charge in [0.15, 0.2) is 5.82 Å². The molecule has 4 aromatic rings. The molecule has 0 bridgehead atoms. The molecule has 1 saturated heterocycles. The molecular weight excluding hydrogens is 338 g/mol. The zero-order chi connectivity index (χ0) is 18.2. The first-order chi connectivity index (χ1) is 13.3. The minimum absolute atomic E-state index is 0.790. The molecule has 1 aliphatic heterocycles. The van der Waals surface area contributed by atoms with Crippen LogP contribution in [0.25, 0.3) is 21.8 Å². The van der Waals surface area contributed by atoms with Gasteiger partial charge in [-0.2, -0.15) is 5.10 Å². The van der Waals surface area contributed by atoms with Gasteiger partial charge in [-0.05, 0) is 42.8 Å². The Morgan fingerprint density at radius 3 is 2.70 bits per heavy atom. The molecule has 2 aromatic carbocycles. The lowest BCUT2D eigenvalue weighted by atomic mass is 10.1. The molecule has 0 saturated carbocycles. The topological polar surface area (TPSA) is 66.1 Å². The maximum absolute atomic E-state index is 5.43. The third kappa shape index (κ3) is 2.88. The molecule has 1 fully saturated rings. The SMILES string of the molecule is Cc1cccc2nc(Nc3ccc(N4CCOCC4)cc3)c3[nH]ncc3c12. The van der Waals surface area contributed by atoms with E-state index >= 15 is 0 Å². The van der Waals surface area contributed by atoms with Crippen LogP contribution in [-0.4, -0.2) is 41.5 Å². The van der Waals surface area contributed by atoms with E-state index in [0.29, 0.717) is 0 Å². The van der Waals surface area contributed by atoms with Crippen LogP contribution in [0, 0.1) is 6.92 Å². The fourth-order valence-corrected chi connectivity index (χ4v) is 3.73. The number of morpholine rings is 1. The molecule has 6 nitrogen and oxygen atoms in total. The van der Waals surface area contributed by atoms with Crippen LogP contribution < -0.4 is 10.2 Å². The quantitative estimate of drug-likeness (QED) is 0.579. The van der Waals surface area contributed by atoms with Crippen molar-refractivity contribution in [2.75, 3.05) is 36.5 Å². The maximum atomic E-state index is 5.43. The molecule has 27 heavy (non-hydrogen) atoms. The second-order valence-electron chi connectivity index (χ2n) is 6.86. The molecule has 2 aromatic heterocycles. The largest absolute Gasteiger partial charge is 0.378 e. The number of pyridine rings is 1. The molecule has 2 N–H and O–H groups in total. The second kappa shape index (κ2) is 6.55. The zero-order valence-corrected chi connectivity index (χ0v) is 15.2. The number of H-pyrrole nitrogens is 1. The van der Waals surface area contributed by atoms with E-state index in [-0.39, 0.29) is 0 Å². The Kier molecular flexibility index (Phi) is 3.90. The monoisotopic (exact) mass is 359 g/mol. The molecule has 0 radical (unpaired) electrons. The van der Waals surface area contributed by atoms with Crippen LogP contribution in [0.2, 0.25) is 0 Å². The van der Waals surface area contributed by atoms with E-state index in [9.17, 15) is 0 Å². The van der Waals surface area contributed by atoms with E-state index in [4.69, 9.17) is 9.72 Å². The van der Waals surface area contributed by atoms with Crippen LogP contribution in [0.15, 0.2) is 48.7 Å². The number of aromatic amines is 1. The van der Waals surface area contributed by atoms with Gasteiger partial charge in [-0.15, -0.1) is 0 Å².